The summed E-state index contributed by atoms with van der Waals surface area (Å²) in [7, 11) is 1.52. The molecule has 0 bridgehead atoms. The second-order valence-corrected chi connectivity index (χ2v) is 7.03. The maximum Gasteiger partial charge on any atom is 0.339 e. The van der Waals surface area contributed by atoms with Crippen LogP contribution in [-0.2, 0) is 25.7 Å². The van der Waals surface area contributed by atoms with Gasteiger partial charge >= 0.3 is 5.97 Å². The molecule has 1 unspecified atom stereocenters. The molecule has 0 spiro atoms. The quantitative estimate of drug-likeness (QED) is 0.659. The lowest BCUT2D eigenvalue weighted by molar-refractivity contribution is -0.139. The zero-order valence-corrected chi connectivity index (χ0v) is 17.7. The van der Waals surface area contributed by atoms with E-state index in [0.29, 0.717) is 5.56 Å². The average molecular weight is 429 g/mol. The molecular weight excluding hydrogens is 405 g/mol. The van der Waals surface area contributed by atoms with Crippen LogP contribution in [0.3, 0.4) is 0 Å². The van der Waals surface area contributed by atoms with E-state index in [4.69, 9.17) is 4.74 Å². The van der Waals surface area contributed by atoms with Crippen LogP contribution in [0.25, 0.3) is 0 Å². The number of benzene rings is 2. The molecular formula is C22H24FN3O5. The summed E-state index contributed by atoms with van der Waals surface area (Å²) in [6.07, 6.45) is -1.11. The van der Waals surface area contributed by atoms with Crippen LogP contribution < -0.4 is 10.6 Å². The van der Waals surface area contributed by atoms with Crippen molar-refractivity contribution in [2.45, 2.75) is 33.4 Å². The number of halogens is 1. The van der Waals surface area contributed by atoms with Crippen molar-refractivity contribution in [2.75, 3.05) is 17.7 Å². The number of rotatable bonds is 7. The van der Waals surface area contributed by atoms with E-state index in [-0.39, 0.29) is 35.3 Å². The number of esters is 1. The first-order valence-corrected chi connectivity index (χ1v) is 9.46. The van der Waals surface area contributed by atoms with E-state index in [1.807, 2.05) is 0 Å². The summed E-state index contributed by atoms with van der Waals surface area (Å²) in [4.78, 5) is 49.2. The van der Waals surface area contributed by atoms with Crippen molar-refractivity contribution in [3.05, 3.63) is 59.4 Å². The molecule has 0 fully saturated rings. The number of carbonyl (C=O) groups excluding carboxylic acids is 4. The number of anilines is 2. The molecule has 2 rings (SSSR count). The van der Waals surface area contributed by atoms with Crippen molar-refractivity contribution in [2.24, 2.45) is 0 Å². The minimum Gasteiger partial charge on any atom is -0.449 e. The maximum atomic E-state index is 13.3. The fourth-order valence-electron chi connectivity index (χ4n) is 2.87. The number of amides is 3. The molecule has 31 heavy (non-hydrogen) atoms. The lowest BCUT2D eigenvalue weighted by Crippen LogP contribution is -2.37. The Morgan fingerprint density at radius 2 is 1.58 bits per heavy atom. The molecule has 0 aromatic heterocycles. The molecule has 0 heterocycles. The normalized spacial score (nSPS) is 11.3. The number of hydrogen-bond acceptors (Lipinski definition) is 5. The van der Waals surface area contributed by atoms with Gasteiger partial charge in [-0.1, -0.05) is 12.1 Å². The van der Waals surface area contributed by atoms with Gasteiger partial charge in [0, 0.05) is 38.8 Å². The van der Waals surface area contributed by atoms with Crippen molar-refractivity contribution in [3.63, 3.8) is 0 Å². The summed E-state index contributed by atoms with van der Waals surface area (Å²) in [6.45, 7) is 4.17. The Hall–Kier alpha value is -3.75. The number of carbonyl (C=O) groups is 4. The fraction of sp³-hybridized carbons (Fsp3) is 0.273. The van der Waals surface area contributed by atoms with Gasteiger partial charge in [0.25, 0.3) is 5.91 Å². The first-order valence-electron chi connectivity index (χ1n) is 9.46. The van der Waals surface area contributed by atoms with Crippen LogP contribution in [0.5, 0.6) is 0 Å². The Kier molecular flexibility index (Phi) is 7.84. The summed E-state index contributed by atoms with van der Waals surface area (Å²) < 4.78 is 18.6. The minimum absolute atomic E-state index is 0.0439. The minimum atomic E-state index is -1.11. The van der Waals surface area contributed by atoms with Crippen molar-refractivity contribution >= 4 is 35.1 Å². The van der Waals surface area contributed by atoms with Gasteiger partial charge in [0.05, 0.1) is 5.56 Å². The maximum absolute atomic E-state index is 13.3. The van der Waals surface area contributed by atoms with Crippen LogP contribution >= 0.6 is 0 Å². The van der Waals surface area contributed by atoms with E-state index in [1.54, 1.807) is 12.1 Å². The lowest BCUT2D eigenvalue weighted by Gasteiger charge is -2.22. The van der Waals surface area contributed by atoms with Gasteiger partial charge in [-0.15, -0.1) is 0 Å². The van der Waals surface area contributed by atoms with E-state index in [2.05, 4.69) is 10.6 Å². The molecule has 0 radical (unpaired) electrons. The number of hydrogen-bond donors (Lipinski definition) is 2. The van der Waals surface area contributed by atoms with Crippen molar-refractivity contribution < 1.29 is 28.3 Å². The summed E-state index contributed by atoms with van der Waals surface area (Å²) in [6, 6.07) is 10.1. The van der Waals surface area contributed by atoms with E-state index in [1.165, 1.54) is 63.1 Å². The Morgan fingerprint density at radius 3 is 2.10 bits per heavy atom. The van der Waals surface area contributed by atoms with E-state index < -0.39 is 23.8 Å². The van der Waals surface area contributed by atoms with Gasteiger partial charge in [0.1, 0.15) is 5.82 Å². The molecule has 8 nitrogen and oxygen atoms in total. The Balaban J connectivity index is 2.12. The summed E-state index contributed by atoms with van der Waals surface area (Å²) in [5.74, 6) is -2.41. The summed E-state index contributed by atoms with van der Waals surface area (Å²) >= 11 is 0. The van der Waals surface area contributed by atoms with Gasteiger partial charge < -0.3 is 20.3 Å². The number of ether oxygens (including phenoxy) is 1. The first-order chi connectivity index (χ1) is 14.5. The molecule has 0 aliphatic heterocycles. The average Bonchev–Trinajstić information content (AvgIpc) is 2.65. The van der Waals surface area contributed by atoms with Crippen molar-refractivity contribution in [3.8, 4) is 0 Å². The van der Waals surface area contributed by atoms with Crippen LogP contribution in [-0.4, -0.2) is 41.7 Å². The molecule has 2 aromatic rings. The van der Waals surface area contributed by atoms with Gasteiger partial charge in [-0.2, -0.15) is 0 Å². The van der Waals surface area contributed by atoms with Gasteiger partial charge in [-0.25, -0.2) is 9.18 Å². The molecule has 9 heteroatoms. The monoisotopic (exact) mass is 429 g/mol. The smallest absolute Gasteiger partial charge is 0.339 e. The zero-order chi connectivity index (χ0) is 23.1. The molecule has 164 valence electrons. The van der Waals surface area contributed by atoms with Crippen molar-refractivity contribution in [1.82, 2.24) is 4.90 Å². The standard InChI is InChI=1S/C22H24FN3O5/c1-13(21(29)26(4)12-16-6-5-7-18(23)8-16)31-22(30)17-9-19(24-14(2)27)11-20(10-17)25-15(3)28/h5-11,13H,12H2,1-4H3,(H,24,27)(H,25,28). The Morgan fingerprint density at radius 1 is 1.00 bits per heavy atom. The van der Waals surface area contributed by atoms with Crippen LogP contribution in [0.4, 0.5) is 15.8 Å². The van der Waals surface area contributed by atoms with Crippen LogP contribution in [0.2, 0.25) is 0 Å². The molecule has 0 aliphatic rings. The van der Waals surface area contributed by atoms with Gasteiger partial charge in [-0.3, -0.25) is 14.4 Å². The number of nitrogens with zero attached hydrogens (tertiary/aromatic N) is 1. The highest BCUT2D eigenvalue weighted by atomic mass is 19.1. The lowest BCUT2D eigenvalue weighted by atomic mass is 10.1. The summed E-state index contributed by atoms with van der Waals surface area (Å²) in [5.41, 5.74) is 1.21. The second-order valence-electron chi connectivity index (χ2n) is 7.03. The molecule has 2 aromatic carbocycles. The van der Waals surface area contributed by atoms with Crippen LogP contribution in [0.15, 0.2) is 42.5 Å². The predicted octanol–water partition coefficient (Wildman–Crippen LogP) is 2.95. The van der Waals surface area contributed by atoms with Gasteiger partial charge in [-0.05, 0) is 42.8 Å². The third-order valence-electron chi connectivity index (χ3n) is 4.13. The van der Waals surface area contributed by atoms with Gasteiger partial charge in [0.15, 0.2) is 6.10 Å². The molecule has 2 N–H and O–H groups in total. The second kappa shape index (κ2) is 10.3. The third-order valence-corrected chi connectivity index (χ3v) is 4.13. The molecule has 3 amide bonds. The summed E-state index contributed by atoms with van der Waals surface area (Å²) in [5, 5.41) is 5.07. The third kappa shape index (κ3) is 7.22. The highest BCUT2D eigenvalue weighted by molar-refractivity contribution is 5.98. The van der Waals surface area contributed by atoms with Crippen molar-refractivity contribution in [1.29, 1.82) is 0 Å². The van der Waals surface area contributed by atoms with Gasteiger partial charge in [0.2, 0.25) is 11.8 Å². The predicted molar refractivity (Wildman–Crippen MR) is 113 cm³/mol. The largest absolute Gasteiger partial charge is 0.449 e. The highest BCUT2D eigenvalue weighted by Gasteiger charge is 2.23. The Labute approximate surface area is 179 Å². The number of nitrogens with one attached hydrogen (secondary N) is 2. The van der Waals surface area contributed by atoms with E-state index in [9.17, 15) is 23.6 Å². The molecule has 0 saturated carbocycles. The van der Waals surface area contributed by atoms with Crippen LogP contribution in [0, 0.1) is 5.82 Å². The fourth-order valence-corrected chi connectivity index (χ4v) is 2.87. The Bertz CT molecular complexity index is 974. The highest BCUT2D eigenvalue weighted by Crippen LogP contribution is 2.21. The number of likely N-dealkylation sites (N-methyl/N-ethyl adjacent to an activating group) is 1. The van der Waals surface area contributed by atoms with E-state index >= 15 is 0 Å². The molecule has 0 aliphatic carbocycles. The topological polar surface area (TPSA) is 105 Å². The zero-order valence-electron chi connectivity index (χ0n) is 17.7. The molecule has 1 atom stereocenters. The SMILES string of the molecule is CC(=O)Nc1cc(NC(C)=O)cc(C(=O)OC(C)C(=O)N(C)Cc2cccc(F)c2)c1. The van der Waals surface area contributed by atoms with E-state index in [0.717, 1.165) is 0 Å². The molecule has 0 saturated heterocycles. The van der Waals surface area contributed by atoms with Crippen LogP contribution in [0.1, 0.15) is 36.7 Å². The first kappa shape index (κ1) is 23.5.